The average Bonchev–Trinajstić information content (AvgIpc) is 2.54. The number of hydrogen-bond donors (Lipinski definition) is 3. The highest BCUT2D eigenvalue weighted by molar-refractivity contribution is 7.89. The number of ether oxygens (including phenoxy) is 1. The van der Waals surface area contributed by atoms with Crippen LogP contribution in [0.2, 0.25) is 0 Å². The number of primary sulfonamides is 1. The molecule has 0 spiro atoms. The van der Waals surface area contributed by atoms with Crippen LogP contribution in [0, 0.1) is 0 Å². The third-order valence-electron chi connectivity index (χ3n) is 3.52. The van der Waals surface area contributed by atoms with Crippen LogP contribution in [0.4, 0.5) is 16.2 Å². The molecular formula is C19H25N3O4S. The Labute approximate surface area is 160 Å². The highest BCUT2D eigenvalue weighted by Gasteiger charge is 2.16. The van der Waals surface area contributed by atoms with E-state index in [2.05, 4.69) is 10.6 Å². The molecule has 0 radical (unpaired) electrons. The average molecular weight is 391 g/mol. The van der Waals surface area contributed by atoms with Crippen molar-refractivity contribution < 1.29 is 17.9 Å². The Morgan fingerprint density at radius 3 is 2.07 bits per heavy atom. The largest absolute Gasteiger partial charge is 0.444 e. The lowest BCUT2D eigenvalue weighted by Crippen LogP contribution is -2.27. The summed E-state index contributed by atoms with van der Waals surface area (Å²) >= 11 is 0. The highest BCUT2D eigenvalue weighted by Crippen LogP contribution is 2.16. The van der Waals surface area contributed by atoms with E-state index in [1.54, 1.807) is 24.3 Å². The minimum absolute atomic E-state index is 0.104. The van der Waals surface area contributed by atoms with Gasteiger partial charge in [0.2, 0.25) is 10.0 Å². The molecule has 0 aromatic heterocycles. The van der Waals surface area contributed by atoms with E-state index in [0.29, 0.717) is 12.2 Å². The fraction of sp³-hybridized carbons (Fsp3) is 0.316. The second kappa shape index (κ2) is 8.41. The third kappa shape index (κ3) is 7.28. The number of carbonyl (C=O) groups is 1. The van der Waals surface area contributed by atoms with Gasteiger partial charge in [0.05, 0.1) is 4.90 Å². The quantitative estimate of drug-likeness (QED) is 0.699. The molecule has 2 aromatic rings. The summed E-state index contributed by atoms with van der Waals surface area (Å²) in [6, 6.07) is 13.8. The predicted octanol–water partition coefficient (Wildman–Crippen LogP) is 3.34. The molecule has 0 bridgehead atoms. The fourth-order valence-electron chi connectivity index (χ4n) is 2.29. The van der Waals surface area contributed by atoms with Crippen LogP contribution < -0.4 is 15.8 Å². The van der Waals surface area contributed by atoms with Crippen molar-refractivity contribution in [2.24, 2.45) is 5.14 Å². The number of sulfonamides is 1. The van der Waals surface area contributed by atoms with Gasteiger partial charge in [-0.1, -0.05) is 12.1 Å². The number of nitrogens with one attached hydrogen (secondary N) is 2. The summed E-state index contributed by atoms with van der Waals surface area (Å²) in [7, 11) is -3.66. The zero-order valence-electron chi connectivity index (χ0n) is 15.7. The van der Waals surface area contributed by atoms with Crippen molar-refractivity contribution in [1.29, 1.82) is 0 Å². The van der Waals surface area contributed by atoms with Crippen molar-refractivity contribution in [2.45, 2.75) is 37.7 Å². The Morgan fingerprint density at radius 1 is 1.00 bits per heavy atom. The van der Waals surface area contributed by atoms with Crippen LogP contribution in [0.25, 0.3) is 0 Å². The Balaban J connectivity index is 1.82. The van der Waals surface area contributed by atoms with E-state index in [-0.39, 0.29) is 4.90 Å². The van der Waals surface area contributed by atoms with Gasteiger partial charge in [-0.3, -0.25) is 5.32 Å². The zero-order chi connectivity index (χ0) is 20.1. The van der Waals surface area contributed by atoms with Gasteiger partial charge in [0.15, 0.2) is 0 Å². The summed E-state index contributed by atoms with van der Waals surface area (Å²) in [5, 5.41) is 11.0. The monoisotopic (exact) mass is 391 g/mol. The van der Waals surface area contributed by atoms with Gasteiger partial charge in [-0.05, 0) is 69.2 Å². The van der Waals surface area contributed by atoms with E-state index < -0.39 is 21.7 Å². The molecule has 8 heteroatoms. The van der Waals surface area contributed by atoms with E-state index in [0.717, 1.165) is 17.7 Å². The van der Waals surface area contributed by atoms with Crippen molar-refractivity contribution in [2.75, 3.05) is 17.2 Å². The van der Waals surface area contributed by atoms with E-state index >= 15 is 0 Å². The van der Waals surface area contributed by atoms with Gasteiger partial charge in [-0.2, -0.15) is 0 Å². The van der Waals surface area contributed by atoms with Crippen LogP contribution in [0.1, 0.15) is 26.3 Å². The summed E-state index contributed by atoms with van der Waals surface area (Å²) in [5.41, 5.74) is 2.01. The Morgan fingerprint density at radius 2 is 1.56 bits per heavy atom. The highest BCUT2D eigenvalue weighted by atomic mass is 32.2. The molecule has 0 saturated carbocycles. The minimum Gasteiger partial charge on any atom is -0.444 e. The summed E-state index contributed by atoms with van der Waals surface area (Å²) in [5.74, 6) is 0. The number of carbonyl (C=O) groups excluding carboxylic acids is 1. The maximum absolute atomic E-state index is 11.7. The van der Waals surface area contributed by atoms with Crippen LogP contribution in [0.5, 0.6) is 0 Å². The van der Waals surface area contributed by atoms with Gasteiger partial charge >= 0.3 is 6.09 Å². The number of anilines is 2. The molecule has 0 heterocycles. The van der Waals surface area contributed by atoms with Crippen LogP contribution in [0.3, 0.4) is 0 Å². The molecular weight excluding hydrogens is 366 g/mol. The second-order valence-electron chi connectivity index (χ2n) is 7.07. The molecule has 7 nitrogen and oxygen atoms in total. The molecule has 0 fully saturated rings. The summed E-state index contributed by atoms with van der Waals surface area (Å²) in [6.07, 6.45) is 0.231. The summed E-state index contributed by atoms with van der Waals surface area (Å²) in [6.45, 7) is 6.10. The maximum Gasteiger partial charge on any atom is 0.412 e. The van der Waals surface area contributed by atoms with Crippen molar-refractivity contribution >= 4 is 27.5 Å². The molecule has 0 aliphatic carbocycles. The molecule has 2 aromatic carbocycles. The van der Waals surface area contributed by atoms with Gasteiger partial charge in [-0.15, -0.1) is 0 Å². The molecule has 0 aliphatic rings. The summed E-state index contributed by atoms with van der Waals surface area (Å²) < 4.78 is 27.7. The number of rotatable bonds is 6. The Bertz CT molecular complexity index is 871. The van der Waals surface area contributed by atoms with Crippen LogP contribution in [-0.4, -0.2) is 26.7 Å². The molecule has 1 amide bonds. The lowest BCUT2D eigenvalue weighted by molar-refractivity contribution is 0.0636. The first-order valence-corrected chi connectivity index (χ1v) is 10.0. The molecule has 0 aliphatic heterocycles. The Kier molecular flexibility index (Phi) is 6.45. The van der Waals surface area contributed by atoms with E-state index in [1.807, 2.05) is 32.9 Å². The van der Waals surface area contributed by atoms with Gasteiger partial charge in [0.1, 0.15) is 5.60 Å². The molecule has 0 saturated heterocycles. The number of benzene rings is 2. The number of hydrogen-bond acceptors (Lipinski definition) is 5. The van der Waals surface area contributed by atoms with Crippen LogP contribution >= 0.6 is 0 Å². The first-order chi connectivity index (χ1) is 12.5. The molecule has 27 heavy (non-hydrogen) atoms. The van der Waals surface area contributed by atoms with Gasteiger partial charge in [0, 0.05) is 17.9 Å². The van der Waals surface area contributed by atoms with Gasteiger partial charge in [0.25, 0.3) is 0 Å². The first-order valence-electron chi connectivity index (χ1n) is 8.49. The second-order valence-corrected chi connectivity index (χ2v) is 8.63. The zero-order valence-corrected chi connectivity index (χ0v) is 16.5. The van der Waals surface area contributed by atoms with Crippen molar-refractivity contribution in [3.63, 3.8) is 0 Å². The molecule has 146 valence electrons. The lowest BCUT2D eigenvalue weighted by atomic mass is 10.1. The van der Waals surface area contributed by atoms with Crippen LogP contribution in [0.15, 0.2) is 53.4 Å². The first kappa shape index (κ1) is 20.7. The van der Waals surface area contributed by atoms with Crippen molar-refractivity contribution in [3.05, 3.63) is 54.1 Å². The standard InChI is InChI=1S/C19H25N3O4S/c1-19(2,3)26-18(23)22-16-8-6-15(7-9-16)21-13-12-14-4-10-17(11-5-14)27(20,24)25/h4-11,21H,12-13H2,1-3H3,(H,22,23)(H2,20,24,25). The maximum atomic E-state index is 11.7. The molecule has 0 unspecified atom stereocenters. The number of nitrogens with two attached hydrogens (primary N) is 1. The normalized spacial score (nSPS) is 11.7. The minimum atomic E-state index is -3.66. The molecule has 2 rings (SSSR count). The fourth-order valence-corrected chi connectivity index (χ4v) is 2.81. The van der Waals surface area contributed by atoms with Crippen molar-refractivity contribution in [1.82, 2.24) is 0 Å². The van der Waals surface area contributed by atoms with Crippen molar-refractivity contribution in [3.8, 4) is 0 Å². The van der Waals surface area contributed by atoms with Crippen LogP contribution in [-0.2, 0) is 21.2 Å². The lowest BCUT2D eigenvalue weighted by Gasteiger charge is -2.19. The molecule has 0 atom stereocenters. The predicted molar refractivity (Wildman–Crippen MR) is 106 cm³/mol. The Hall–Kier alpha value is -2.58. The SMILES string of the molecule is CC(C)(C)OC(=O)Nc1ccc(NCCc2ccc(S(N)(=O)=O)cc2)cc1. The van der Waals surface area contributed by atoms with E-state index in [1.165, 1.54) is 12.1 Å². The smallest absolute Gasteiger partial charge is 0.412 e. The van der Waals surface area contributed by atoms with E-state index in [4.69, 9.17) is 9.88 Å². The topological polar surface area (TPSA) is 111 Å². The summed E-state index contributed by atoms with van der Waals surface area (Å²) in [4.78, 5) is 11.8. The van der Waals surface area contributed by atoms with Gasteiger partial charge in [-0.25, -0.2) is 18.4 Å². The molecule has 4 N–H and O–H groups in total. The third-order valence-corrected chi connectivity index (χ3v) is 4.45. The van der Waals surface area contributed by atoms with E-state index in [9.17, 15) is 13.2 Å². The number of amides is 1. The van der Waals surface area contributed by atoms with Gasteiger partial charge < -0.3 is 10.1 Å².